The first-order chi connectivity index (χ1) is 13.6. The van der Waals surface area contributed by atoms with Crippen LogP contribution in [0, 0.1) is 5.82 Å². The van der Waals surface area contributed by atoms with Crippen molar-refractivity contribution in [2.24, 2.45) is 0 Å². The molecule has 2 aliphatic heterocycles. The van der Waals surface area contributed by atoms with E-state index in [9.17, 15) is 14.0 Å². The number of amides is 2. The number of thiophene rings is 1. The fourth-order valence-corrected chi connectivity index (χ4v) is 4.91. The molecule has 0 saturated carbocycles. The first-order valence-electron chi connectivity index (χ1n) is 9.67. The van der Waals surface area contributed by atoms with Gasteiger partial charge in [-0.15, -0.1) is 11.3 Å². The van der Waals surface area contributed by atoms with Crippen LogP contribution in [0.1, 0.15) is 41.3 Å². The Morgan fingerprint density at radius 3 is 2.75 bits per heavy atom. The molecule has 0 radical (unpaired) electrons. The average Bonchev–Trinajstić information content (AvgIpc) is 3.20. The van der Waals surface area contributed by atoms with E-state index in [0.717, 1.165) is 30.5 Å². The summed E-state index contributed by atoms with van der Waals surface area (Å²) in [6.45, 7) is 1.94. The van der Waals surface area contributed by atoms with E-state index in [1.54, 1.807) is 22.3 Å². The molecule has 0 spiro atoms. The Bertz CT molecular complexity index is 907. The average molecular weight is 399 g/mol. The molecule has 0 aliphatic carbocycles. The third kappa shape index (κ3) is 3.87. The van der Waals surface area contributed by atoms with Crippen LogP contribution in [0.3, 0.4) is 0 Å². The molecule has 6 heteroatoms. The Kier molecular flexibility index (Phi) is 5.57. The molecule has 0 fully saturated rings. The summed E-state index contributed by atoms with van der Waals surface area (Å²) in [7, 11) is 0. The van der Waals surface area contributed by atoms with Gasteiger partial charge < -0.3 is 9.80 Å². The number of hydrogen-bond donors (Lipinski definition) is 0. The molecule has 2 aliphatic rings. The zero-order valence-corrected chi connectivity index (χ0v) is 16.5. The Morgan fingerprint density at radius 1 is 1.11 bits per heavy atom. The summed E-state index contributed by atoms with van der Waals surface area (Å²) in [6.07, 6.45) is 6.14. The lowest BCUT2D eigenvalue weighted by Crippen LogP contribution is -2.41. The van der Waals surface area contributed by atoms with Crippen molar-refractivity contribution >= 4 is 23.2 Å². The van der Waals surface area contributed by atoms with Crippen LogP contribution in [0.15, 0.2) is 47.9 Å². The smallest absolute Gasteiger partial charge is 0.223 e. The number of carbonyl (C=O) groups excluding carboxylic acids is 2. The Morgan fingerprint density at radius 2 is 1.96 bits per heavy atom. The van der Waals surface area contributed by atoms with Crippen LogP contribution in [0.5, 0.6) is 0 Å². The lowest BCUT2D eigenvalue weighted by Gasteiger charge is -2.36. The standard InChI is InChI=1S/C22H23FN2O2S/c23-17-6-4-5-16(15-17)22-18-10-14-28-19(18)9-13-25(22)21(27)8-7-20(26)24-11-2-1-3-12-24/h1-2,4-6,10,14-15,22H,3,7-9,11-13H2. The highest BCUT2D eigenvalue weighted by Gasteiger charge is 2.33. The highest BCUT2D eigenvalue weighted by atomic mass is 32.1. The Labute approximate surface area is 168 Å². The zero-order chi connectivity index (χ0) is 19.5. The number of nitrogens with zero attached hydrogens (tertiary/aromatic N) is 2. The van der Waals surface area contributed by atoms with E-state index >= 15 is 0 Å². The number of hydrogen-bond acceptors (Lipinski definition) is 3. The second-order valence-corrected chi connectivity index (χ2v) is 8.19. The summed E-state index contributed by atoms with van der Waals surface area (Å²) in [5.74, 6) is -0.333. The van der Waals surface area contributed by atoms with Gasteiger partial charge in [-0.1, -0.05) is 24.3 Å². The van der Waals surface area contributed by atoms with E-state index in [1.165, 1.54) is 17.0 Å². The van der Waals surface area contributed by atoms with Gasteiger partial charge in [0.25, 0.3) is 0 Å². The van der Waals surface area contributed by atoms with Crippen molar-refractivity contribution in [3.63, 3.8) is 0 Å². The summed E-state index contributed by atoms with van der Waals surface area (Å²) < 4.78 is 13.9. The van der Waals surface area contributed by atoms with E-state index in [0.29, 0.717) is 13.1 Å². The van der Waals surface area contributed by atoms with Gasteiger partial charge in [0.15, 0.2) is 0 Å². The van der Waals surface area contributed by atoms with E-state index in [2.05, 4.69) is 6.08 Å². The number of rotatable bonds is 4. The largest absolute Gasteiger partial charge is 0.339 e. The van der Waals surface area contributed by atoms with Gasteiger partial charge in [-0.05, 0) is 47.5 Å². The number of fused-ring (bicyclic) bond motifs is 1. The summed E-state index contributed by atoms with van der Waals surface area (Å²) >= 11 is 1.68. The summed E-state index contributed by atoms with van der Waals surface area (Å²) in [4.78, 5) is 30.3. The molecule has 0 N–H and O–H groups in total. The predicted molar refractivity (Wildman–Crippen MR) is 108 cm³/mol. The van der Waals surface area contributed by atoms with Crippen LogP contribution in [0.2, 0.25) is 0 Å². The second-order valence-electron chi connectivity index (χ2n) is 7.19. The van der Waals surface area contributed by atoms with Crippen molar-refractivity contribution in [2.75, 3.05) is 19.6 Å². The molecule has 146 valence electrons. The van der Waals surface area contributed by atoms with Crippen molar-refractivity contribution in [3.8, 4) is 0 Å². The molecule has 3 heterocycles. The number of halogens is 1. The molecule has 1 atom stereocenters. The van der Waals surface area contributed by atoms with E-state index in [4.69, 9.17) is 0 Å². The molecule has 28 heavy (non-hydrogen) atoms. The lowest BCUT2D eigenvalue weighted by atomic mass is 9.92. The van der Waals surface area contributed by atoms with Gasteiger partial charge in [0, 0.05) is 37.4 Å². The van der Waals surface area contributed by atoms with Gasteiger partial charge in [0.2, 0.25) is 11.8 Å². The summed E-state index contributed by atoms with van der Waals surface area (Å²) in [6, 6.07) is 8.21. The number of carbonyl (C=O) groups is 2. The van der Waals surface area contributed by atoms with Gasteiger partial charge in [-0.3, -0.25) is 9.59 Å². The van der Waals surface area contributed by atoms with E-state index in [-0.39, 0.29) is 36.5 Å². The summed E-state index contributed by atoms with van der Waals surface area (Å²) in [5, 5.41) is 2.03. The van der Waals surface area contributed by atoms with Gasteiger partial charge >= 0.3 is 0 Å². The minimum Gasteiger partial charge on any atom is -0.339 e. The van der Waals surface area contributed by atoms with Gasteiger partial charge in [0.1, 0.15) is 5.82 Å². The van der Waals surface area contributed by atoms with Crippen LogP contribution in [-0.4, -0.2) is 41.2 Å². The van der Waals surface area contributed by atoms with Gasteiger partial charge in [0.05, 0.1) is 6.04 Å². The fourth-order valence-electron chi connectivity index (χ4n) is 4.00. The normalized spacial score (nSPS) is 18.8. The molecular weight excluding hydrogens is 375 g/mol. The quantitative estimate of drug-likeness (QED) is 0.732. The Hall–Kier alpha value is -2.47. The van der Waals surface area contributed by atoms with Crippen LogP contribution >= 0.6 is 11.3 Å². The molecule has 2 amide bonds. The van der Waals surface area contributed by atoms with Crippen LogP contribution in [0.4, 0.5) is 4.39 Å². The minimum absolute atomic E-state index is 0.0215. The lowest BCUT2D eigenvalue weighted by molar-refractivity contribution is -0.138. The molecule has 4 rings (SSSR count). The molecular formula is C22H23FN2O2S. The fraction of sp³-hybridized carbons (Fsp3) is 0.364. The third-order valence-electron chi connectivity index (χ3n) is 5.41. The molecule has 1 aromatic heterocycles. The molecule has 1 unspecified atom stereocenters. The first kappa shape index (κ1) is 18.9. The van der Waals surface area contributed by atoms with Crippen molar-refractivity contribution in [1.82, 2.24) is 9.80 Å². The van der Waals surface area contributed by atoms with Crippen molar-refractivity contribution in [3.05, 3.63) is 69.7 Å². The highest BCUT2D eigenvalue weighted by Crippen LogP contribution is 2.38. The predicted octanol–water partition coefficient (Wildman–Crippen LogP) is 3.93. The Balaban J connectivity index is 1.51. The zero-order valence-electron chi connectivity index (χ0n) is 15.6. The van der Waals surface area contributed by atoms with E-state index in [1.807, 2.05) is 28.5 Å². The van der Waals surface area contributed by atoms with Gasteiger partial charge in [-0.2, -0.15) is 0 Å². The highest BCUT2D eigenvalue weighted by molar-refractivity contribution is 7.10. The van der Waals surface area contributed by atoms with Crippen molar-refractivity contribution < 1.29 is 14.0 Å². The van der Waals surface area contributed by atoms with Crippen LogP contribution in [-0.2, 0) is 16.0 Å². The van der Waals surface area contributed by atoms with Gasteiger partial charge in [-0.25, -0.2) is 4.39 Å². The van der Waals surface area contributed by atoms with Crippen molar-refractivity contribution in [2.45, 2.75) is 31.7 Å². The molecule has 0 bridgehead atoms. The maximum atomic E-state index is 13.9. The first-order valence-corrected chi connectivity index (χ1v) is 10.6. The second kappa shape index (κ2) is 8.27. The molecule has 1 aromatic carbocycles. The molecule has 4 nitrogen and oxygen atoms in total. The molecule has 2 aromatic rings. The topological polar surface area (TPSA) is 40.6 Å². The maximum absolute atomic E-state index is 13.9. The monoisotopic (exact) mass is 398 g/mol. The number of benzene rings is 1. The SMILES string of the molecule is O=C(CCC(=O)N1CCc2sccc2C1c1cccc(F)c1)N1CC=CCC1. The maximum Gasteiger partial charge on any atom is 0.223 e. The minimum atomic E-state index is -0.305. The van der Waals surface area contributed by atoms with E-state index < -0.39 is 0 Å². The third-order valence-corrected chi connectivity index (χ3v) is 6.41. The van der Waals surface area contributed by atoms with Crippen LogP contribution < -0.4 is 0 Å². The van der Waals surface area contributed by atoms with Crippen molar-refractivity contribution in [1.29, 1.82) is 0 Å². The molecule has 0 saturated heterocycles. The summed E-state index contributed by atoms with van der Waals surface area (Å²) in [5.41, 5.74) is 1.85. The van der Waals surface area contributed by atoms with Crippen LogP contribution in [0.25, 0.3) is 0 Å².